The van der Waals surface area contributed by atoms with Gasteiger partial charge < -0.3 is 0 Å². The van der Waals surface area contributed by atoms with Crippen LogP contribution in [-0.2, 0) is 11.3 Å². The predicted octanol–water partition coefficient (Wildman–Crippen LogP) is 3.02. The van der Waals surface area contributed by atoms with Crippen LogP contribution < -0.4 is 0 Å². The van der Waals surface area contributed by atoms with Gasteiger partial charge in [0.2, 0.25) is 0 Å². The van der Waals surface area contributed by atoms with Gasteiger partial charge in [0.1, 0.15) is 5.78 Å². The molecule has 0 spiro atoms. The number of fused-ring (bicyclic) bond motifs is 1. The van der Waals surface area contributed by atoms with E-state index in [2.05, 4.69) is 35.2 Å². The Morgan fingerprint density at radius 3 is 2.83 bits per heavy atom. The number of hydrogen-bond donors (Lipinski definition) is 0. The minimum atomic E-state index is 0.484. The van der Waals surface area contributed by atoms with Crippen molar-refractivity contribution in [3.8, 4) is 0 Å². The van der Waals surface area contributed by atoms with E-state index >= 15 is 0 Å². The van der Waals surface area contributed by atoms with Crippen molar-refractivity contribution in [3.63, 3.8) is 0 Å². The smallest absolute Gasteiger partial charge is 0.133 e. The molecule has 0 amide bonds. The number of carbonyl (C=O) groups excluding carboxylic acids is 1. The first-order chi connectivity index (χ1) is 8.83. The highest BCUT2D eigenvalue weighted by atomic mass is 16.1. The fourth-order valence-electron chi connectivity index (χ4n) is 3.59. The first-order valence-electron chi connectivity index (χ1n) is 7.12. The fraction of sp³-hybridized carbons (Fsp3) is 0.562. The van der Waals surface area contributed by atoms with E-state index in [-0.39, 0.29) is 0 Å². The highest BCUT2D eigenvalue weighted by Gasteiger charge is 2.35. The van der Waals surface area contributed by atoms with Crippen LogP contribution >= 0.6 is 0 Å². The highest BCUT2D eigenvalue weighted by molar-refractivity contribution is 5.79. The minimum Gasteiger partial charge on any atom is -0.300 e. The van der Waals surface area contributed by atoms with E-state index in [1.807, 2.05) is 0 Å². The van der Waals surface area contributed by atoms with Crippen LogP contribution in [0.25, 0.3) is 0 Å². The zero-order valence-electron chi connectivity index (χ0n) is 10.8. The number of rotatable bonds is 2. The van der Waals surface area contributed by atoms with Gasteiger partial charge in [-0.15, -0.1) is 0 Å². The molecule has 1 aromatic rings. The van der Waals surface area contributed by atoms with E-state index in [1.165, 1.54) is 24.9 Å². The number of nitrogens with zero attached hydrogens (tertiary/aromatic N) is 1. The summed E-state index contributed by atoms with van der Waals surface area (Å²) >= 11 is 0. The molecule has 1 saturated heterocycles. The molecule has 2 nitrogen and oxygen atoms in total. The van der Waals surface area contributed by atoms with Crippen molar-refractivity contribution in [1.29, 1.82) is 0 Å². The number of carbonyl (C=O) groups is 1. The van der Waals surface area contributed by atoms with Gasteiger partial charge >= 0.3 is 0 Å². The molecular formula is C16H21NO. The Hall–Kier alpha value is -1.15. The Bertz CT molecular complexity index is 414. The summed E-state index contributed by atoms with van der Waals surface area (Å²) in [6.45, 7) is 2.25. The van der Waals surface area contributed by atoms with Crippen molar-refractivity contribution in [3.05, 3.63) is 35.9 Å². The standard InChI is InChI=1S/C16H21NO/c18-15-8-9-16-14(11-15)7-4-10-17(16)12-13-5-2-1-3-6-13/h1-3,5-6,14,16H,4,7-12H2. The van der Waals surface area contributed by atoms with E-state index in [0.717, 1.165) is 25.8 Å². The Kier molecular flexibility index (Phi) is 3.46. The van der Waals surface area contributed by atoms with Crippen LogP contribution in [0, 0.1) is 5.92 Å². The van der Waals surface area contributed by atoms with Crippen LogP contribution in [-0.4, -0.2) is 23.3 Å². The summed E-state index contributed by atoms with van der Waals surface area (Å²) in [5.41, 5.74) is 1.40. The number of piperidine rings is 1. The second-order valence-electron chi connectivity index (χ2n) is 5.71. The number of Topliss-reactive ketones (excluding diaryl/α,β-unsaturated/α-hetero) is 1. The Labute approximate surface area is 109 Å². The van der Waals surface area contributed by atoms with E-state index in [0.29, 0.717) is 17.7 Å². The molecule has 0 bridgehead atoms. The van der Waals surface area contributed by atoms with Gasteiger partial charge in [0.25, 0.3) is 0 Å². The maximum absolute atomic E-state index is 11.6. The topological polar surface area (TPSA) is 20.3 Å². The highest BCUT2D eigenvalue weighted by Crippen LogP contribution is 2.34. The molecule has 96 valence electrons. The number of ketones is 1. The normalized spacial score (nSPS) is 29.0. The Morgan fingerprint density at radius 2 is 2.00 bits per heavy atom. The zero-order valence-corrected chi connectivity index (χ0v) is 10.8. The lowest BCUT2D eigenvalue weighted by Gasteiger charge is -2.43. The predicted molar refractivity (Wildman–Crippen MR) is 72.2 cm³/mol. The summed E-state index contributed by atoms with van der Waals surface area (Å²) in [5, 5.41) is 0. The van der Waals surface area contributed by atoms with Gasteiger partial charge in [-0.05, 0) is 37.3 Å². The molecule has 1 heterocycles. The molecule has 0 radical (unpaired) electrons. The molecule has 0 aromatic heterocycles. The summed E-state index contributed by atoms with van der Waals surface area (Å²) in [6, 6.07) is 11.4. The van der Waals surface area contributed by atoms with Gasteiger partial charge in [0.15, 0.2) is 0 Å². The largest absolute Gasteiger partial charge is 0.300 e. The van der Waals surface area contributed by atoms with Crippen molar-refractivity contribution < 1.29 is 4.79 Å². The van der Waals surface area contributed by atoms with Gasteiger partial charge in [-0.1, -0.05) is 30.3 Å². The molecule has 3 rings (SSSR count). The maximum Gasteiger partial charge on any atom is 0.133 e. The monoisotopic (exact) mass is 243 g/mol. The maximum atomic E-state index is 11.6. The second kappa shape index (κ2) is 5.23. The van der Waals surface area contributed by atoms with Gasteiger partial charge in [-0.2, -0.15) is 0 Å². The zero-order chi connectivity index (χ0) is 12.4. The second-order valence-corrected chi connectivity index (χ2v) is 5.71. The van der Waals surface area contributed by atoms with Crippen LogP contribution in [0.3, 0.4) is 0 Å². The van der Waals surface area contributed by atoms with Crippen LogP contribution in [0.15, 0.2) is 30.3 Å². The van der Waals surface area contributed by atoms with E-state index in [1.54, 1.807) is 0 Å². The third-order valence-corrected chi connectivity index (χ3v) is 4.47. The lowest BCUT2D eigenvalue weighted by molar-refractivity contribution is -0.124. The molecule has 18 heavy (non-hydrogen) atoms. The SMILES string of the molecule is O=C1CCC2C(CCCN2Cc2ccccc2)C1. The van der Waals surface area contributed by atoms with Crippen molar-refractivity contribution in [2.24, 2.45) is 5.92 Å². The van der Waals surface area contributed by atoms with Crippen molar-refractivity contribution in [2.45, 2.75) is 44.7 Å². The van der Waals surface area contributed by atoms with Gasteiger partial charge in [0.05, 0.1) is 0 Å². The van der Waals surface area contributed by atoms with Gasteiger partial charge in [-0.25, -0.2) is 0 Å². The van der Waals surface area contributed by atoms with E-state index in [9.17, 15) is 4.79 Å². The molecule has 1 saturated carbocycles. The number of hydrogen-bond acceptors (Lipinski definition) is 2. The summed E-state index contributed by atoms with van der Waals surface area (Å²) in [6.07, 6.45) is 5.21. The molecule has 2 fully saturated rings. The third-order valence-electron chi connectivity index (χ3n) is 4.47. The molecule has 1 aliphatic carbocycles. The summed E-state index contributed by atoms with van der Waals surface area (Å²) < 4.78 is 0. The first-order valence-corrected chi connectivity index (χ1v) is 7.12. The Balaban J connectivity index is 1.70. The lowest BCUT2D eigenvalue weighted by Crippen LogP contribution is -2.47. The fourth-order valence-corrected chi connectivity index (χ4v) is 3.59. The van der Waals surface area contributed by atoms with Crippen molar-refractivity contribution in [2.75, 3.05) is 6.54 Å². The molecule has 1 aromatic carbocycles. The van der Waals surface area contributed by atoms with Crippen LogP contribution in [0.4, 0.5) is 0 Å². The number of benzene rings is 1. The average Bonchev–Trinajstić information content (AvgIpc) is 2.40. The van der Waals surface area contributed by atoms with Crippen molar-refractivity contribution >= 4 is 5.78 Å². The van der Waals surface area contributed by atoms with Crippen LogP contribution in [0.5, 0.6) is 0 Å². The molecular weight excluding hydrogens is 222 g/mol. The van der Waals surface area contributed by atoms with Gasteiger partial charge in [-0.3, -0.25) is 9.69 Å². The molecule has 1 aliphatic heterocycles. The van der Waals surface area contributed by atoms with Crippen molar-refractivity contribution in [1.82, 2.24) is 4.90 Å². The number of likely N-dealkylation sites (tertiary alicyclic amines) is 1. The summed E-state index contributed by atoms with van der Waals surface area (Å²) in [4.78, 5) is 14.2. The average molecular weight is 243 g/mol. The minimum absolute atomic E-state index is 0.484. The molecule has 2 heteroatoms. The van der Waals surface area contributed by atoms with E-state index in [4.69, 9.17) is 0 Å². The van der Waals surface area contributed by atoms with Gasteiger partial charge in [0, 0.05) is 25.4 Å². The molecule has 2 aliphatic rings. The Morgan fingerprint density at radius 1 is 1.17 bits per heavy atom. The third kappa shape index (κ3) is 2.49. The molecule has 0 N–H and O–H groups in total. The van der Waals surface area contributed by atoms with E-state index < -0.39 is 0 Å². The lowest BCUT2D eigenvalue weighted by atomic mass is 9.77. The van der Waals surface area contributed by atoms with Crippen LogP contribution in [0.1, 0.15) is 37.7 Å². The molecule has 2 unspecified atom stereocenters. The first kappa shape index (κ1) is 11.9. The summed E-state index contributed by atoms with van der Waals surface area (Å²) in [5.74, 6) is 1.11. The summed E-state index contributed by atoms with van der Waals surface area (Å²) in [7, 11) is 0. The van der Waals surface area contributed by atoms with Crippen LogP contribution in [0.2, 0.25) is 0 Å². The quantitative estimate of drug-likeness (QED) is 0.796. The molecule has 2 atom stereocenters.